The number of anilines is 2. The minimum Gasteiger partial charge on any atom is -0.334 e. The second-order valence-electron chi connectivity index (χ2n) is 6.05. The molecule has 3 amide bonds. The molecule has 0 spiro atoms. The van der Waals surface area contributed by atoms with E-state index in [-0.39, 0.29) is 17.5 Å². The van der Waals surface area contributed by atoms with E-state index in [1.54, 1.807) is 44.3 Å². The van der Waals surface area contributed by atoms with Crippen LogP contribution in [0.2, 0.25) is 0 Å². The first-order valence-corrected chi connectivity index (χ1v) is 9.24. The number of rotatable bonds is 5. The van der Waals surface area contributed by atoms with Crippen molar-refractivity contribution in [1.29, 1.82) is 0 Å². The first-order valence-electron chi connectivity index (χ1n) is 8.42. The molecule has 8 nitrogen and oxygen atoms in total. The molecule has 0 saturated carbocycles. The lowest BCUT2D eigenvalue weighted by Gasteiger charge is -2.08. The molecule has 0 aliphatic carbocycles. The third-order valence-electron chi connectivity index (χ3n) is 4.02. The Morgan fingerprint density at radius 3 is 2.50 bits per heavy atom. The van der Waals surface area contributed by atoms with Gasteiger partial charge in [-0.05, 0) is 36.8 Å². The van der Waals surface area contributed by atoms with Crippen molar-refractivity contribution < 1.29 is 9.59 Å². The average Bonchev–Trinajstić information content (AvgIpc) is 3.02. The Balaban J connectivity index is 1.75. The summed E-state index contributed by atoms with van der Waals surface area (Å²) in [5, 5.41) is 8.55. The van der Waals surface area contributed by atoms with Gasteiger partial charge in [-0.2, -0.15) is 0 Å². The minimum absolute atomic E-state index is 0.178. The summed E-state index contributed by atoms with van der Waals surface area (Å²) >= 11 is 1.18. The second-order valence-corrected chi connectivity index (χ2v) is 7.05. The molecular formula is C19H19N5O3S. The number of carbonyl (C=O) groups excluding carboxylic acids is 2. The van der Waals surface area contributed by atoms with Gasteiger partial charge in [0.25, 0.3) is 11.5 Å². The lowest BCUT2D eigenvalue weighted by molar-refractivity contribution is 0.103. The Hall–Kier alpha value is -3.46. The first kappa shape index (κ1) is 19.3. The summed E-state index contributed by atoms with van der Waals surface area (Å²) in [4.78, 5) is 41.8. The summed E-state index contributed by atoms with van der Waals surface area (Å²) in [7, 11) is 1.62. The van der Waals surface area contributed by atoms with Crippen molar-refractivity contribution in [3.8, 4) is 0 Å². The number of nitrogens with zero attached hydrogens (tertiary/aromatic N) is 2. The van der Waals surface area contributed by atoms with Gasteiger partial charge >= 0.3 is 6.03 Å². The third kappa shape index (κ3) is 3.94. The van der Waals surface area contributed by atoms with E-state index in [1.165, 1.54) is 22.2 Å². The van der Waals surface area contributed by atoms with Crippen LogP contribution in [0.15, 0.2) is 48.0 Å². The zero-order chi connectivity index (χ0) is 20.3. The lowest BCUT2D eigenvalue weighted by atomic mass is 10.2. The van der Waals surface area contributed by atoms with Gasteiger partial charge in [0.15, 0.2) is 0 Å². The highest BCUT2D eigenvalue weighted by molar-refractivity contribution is 7.20. The number of aryl methyl sites for hydroxylation is 2. The van der Waals surface area contributed by atoms with Crippen LogP contribution in [0, 0.1) is 6.92 Å². The summed E-state index contributed by atoms with van der Waals surface area (Å²) in [5.74, 6) is -0.313. The molecule has 0 aliphatic heterocycles. The number of hydrogen-bond acceptors (Lipinski definition) is 5. The highest BCUT2D eigenvalue weighted by Crippen LogP contribution is 2.27. The number of nitrogens with one attached hydrogen (secondary N) is 3. The fraction of sp³-hybridized carbons (Fsp3) is 0.158. The van der Waals surface area contributed by atoms with Crippen molar-refractivity contribution in [2.24, 2.45) is 7.05 Å². The Labute approximate surface area is 164 Å². The van der Waals surface area contributed by atoms with Gasteiger partial charge < -0.3 is 20.5 Å². The number of urea groups is 1. The van der Waals surface area contributed by atoms with E-state index in [0.29, 0.717) is 38.6 Å². The molecule has 28 heavy (non-hydrogen) atoms. The largest absolute Gasteiger partial charge is 0.334 e. The third-order valence-corrected chi connectivity index (χ3v) is 5.22. The van der Waals surface area contributed by atoms with E-state index < -0.39 is 0 Å². The van der Waals surface area contributed by atoms with E-state index in [9.17, 15) is 14.4 Å². The van der Waals surface area contributed by atoms with E-state index in [2.05, 4.69) is 27.5 Å². The molecule has 1 aromatic carbocycles. The van der Waals surface area contributed by atoms with E-state index in [1.807, 2.05) is 0 Å². The Kier molecular flexibility index (Phi) is 5.55. The second kappa shape index (κ2) is 8.05. The quantitative estimate of drug-likeness (QED) is 0.576. The smallest absolute Gasteiger partial charge is 0.319 e. The maximum Gasteiger partial charge on any atom is 0.319 e. The number of benzene rings is 1. The molecule has 144 valence electrons. The van der Waals surface area contributed by atoms with Gasteiger partial charge in [-0.3, -0.25) is 9.59 Å². The van der Waals surface area contributed by atoms with Gasteiger partial charge in [0.05, 0.1) is 16.6 Å². The van der Waals surface area contributed by atoms with Crippen LogP contribution in [0.3, 0.4) is 0 Å². The maximum atomic E-state index is 12.7. The van der Waals surface area contributed by atoms with Crippen LogP contribution < -0.4 is 21.5 Å². The number of amides is 3. The summed E-state index contributed by atoms with van der Waals surface area (Å²) in [6.45, 7) is 5.64. The molecule has 3 rings (SSSR count). The zero-order valence-corrected chi connectivity index (χ0v) is 16.2. The average molecular weight is 397 g/mol. The van der Waals surface area contributed by atoms with Crippen LogP contribution in [-0.4, -0.2) is 28.0 Å². The fourth-order valence-corrected chi connectivity index (χ4v) is 3.62. The number of hydrogen-bond donors (Lipinski definition) is 3. The molecular weight excluding hydrogens is 378 g/mol. The number of aromatic nitrogens is 2. The van der Waals surface area contributed by atoms with Gasteiger partial charge in [0.1, 0.15) is 4.83 Å². The Morgan fingerprint density at radius 2 is 1.86 bits per heavy atom. The molecule has 2 aromatic heterocycles. The highest BCUT2D eigenvalue weighted by atomic mass is 32.1. The molecule has 0 saturated heterocycles. The van der Waals surface area contributed by atoms with Gasteiger partial charge in [-0.15, -0.1) is 17.9 Å². The van der Waals surface area contributed by atoms with Crippen molar-refractivity contribution >= 4 is 44.9 Å². The molecule has 0 radical (unpaired) electrons. The molecule has 0 bridgehead atoms. The predicted octanol–water partition coefficient (Wildman–Crippen LogP) is 2.86. The van der Waals surface area contributed by atoms with Crippen LogP contribution in [0.5, 0.6) is 0 Å². The molecule has 0 atom stereocenters. The van der Waals surface area contributed by atoms with E-state index in [0.717, 1.165) is 0 Å². The van der Waals surface area contributed by atoms with Crippen LogP contribution in [0.1, 0.15) is 15.2 Å². The molecule has 3 aromatic rings. The highest BCUT2D eigenvalue weighted by Gasteiger charge is 2.19. The van der Waals surface area contributed by atoms with E-state index in [4.69, 9.17) is 0 Å². The van der Waals surface area contributed by atoms with Crippen molar-refractivity contribution in [2.45, 2.75) is 6.92 Å². The monoisotopic (exact) mass is 397 g/mol. The van der Waals surface area contributed by atoms with Gasteiger partial charge in [-0.25, -0.2) is 9.78 Å². The van der Waals surface area contributed by atoms with Crippen molar-refractivity contribution in [3.63, 3.8) is 0 Å². The van der Waals surface area contributed by atoms with Gasteiger partial charge in [-0.1, -0.05) is 6.08 Å². The Morgan fingerprint density at radius 1 is 1.21 bits per heavy atom. The van der Waals surface area contributed by atoms with Crippen LogP contribution in [-0.2, 0) is 7.05 Å². The molecule has 0 aliphatic rings. The maximum absolute atomic E-state index is 12.7. The van der Waals surface area contributed by atoms with Crippen molar-refractivity contribution in [1.82, 2.24) is 14.9 Å². The zero-order valence-electron chi connectivity index (χ0n) is 15.4. The molecule has 2 heterocycles. The van der Waals surface area contributed by atoms with Crippen molar-refractivity contribution in [3.05, 3.63) is 64.0 Å². The first-order chi connectivity index (χ1) is 13.4. The van der Waals surface area contributed by atoms with Crippen LogP contribution in [0.4, 0.5) is 16.2 Å². The number of carbonyl (C=O) groups is 2. The van der Waals surface area contributed by atoms with Gasteiger partial charge in [0, 0.05) is 25.0 Å². The molecule has 9 heteroatoms. The summed E-state index contributed by atoms with van der Waals surface area (Å²) < 4.78 is 1.39. The Bertz CT molecular complexity index is 1120. The number of thiophene rings is 1. The minimum atomic E-state index is -0.341. The topological polar surface area (TPSA) is 105 Å². The van der Waals surface area contributed by atoms with Crippen molar-refractivity contribution in [2.75, 3.05) is 17.2 Å². The predicted molar refractivity (Wildman–Crippen MR) is 111 cm³/mol. The van der Waals surface area contributed by atoms with Crippen LogP contribution in [0.25, 0.3) is 10.2 Å². The fourth-order valence-electron chi connectivity index (χ4n) is 2.59. The van der Waals surface area contributed by atoms with Crippen LogP contribution >= 0.6 is 11.3 Å². The summed E-state index contributed by atoms with van der Waals surface area (Å²) in [6.07, 6.45) is 3.03. The lowest BCUT2D eigenvalue weighted by Crippen LogP contribution is -2.28. The number of fused-ring (bicyclic) bond motifs is 1. The molecule has 0 fully saturated rings. The SMILES string of the molecule is C=CCNC(=O)Nc1ccc(NC(=O)c2sc3ncn(C)c(=O)c3c2C)cc1. The summed E-state index contributed by atoms with van der Waals surface area (Å²) in [5.41, 5.74) is 1.59. The molecule has 0 unspecified atom stereocenters. The normalized spacial score (nSPS) is 10.5. The molecule has 3 N–H and O–H groups in total. The summed E-state index contributed by atoms with van der Waals surface area (Å²) in [6, 6.07) is 6.38. The standard InChI is InChI=1S/C19H19N5O3S/c1-4-9-20-19(27)23-13-7-5-12(6-8-13)22-16(25)15-11(2)14-17(28-15)21-10-24(3)18(14)26/h4-8,10H,1,9H2,2-3H3,(H,22,25)(H2,20,23,27). The van der Waals surface area contributed by atoms with E-state index >= 15 is 0 Å². The van der Waals surface area contributed by atoms with Gasteiger partial charge in [0.2, 0.25) is 0 Å².